The second-order valence-corrected chi connectivity index (χ2v) is 6.52. The van der Waals surface area contributed by atoms with Crippen LogP contribution in [0.15, 0.2) is 18.2 Å². The number of anilines is 1. The van der Waals surface area contributed by atoms with Gasteiger partial charge in [-0.1, -0.05) is 6.42 Å². The second-order valence-electron chi connectivity index (χ2n) is 6.52. The van der Waals surface area contributed by atoms with E-state index in [2.05, 4.69) is 0 Å². The number of benzene rings is 1. The van der Waals surface area contributed by atoms with Crippen molar-refractivity contribution in [1.82, 2.24) is 4.90 Å². The molecule has 1 aromatic rings. The standard InChI is InChI=1S/C17H23F2N3O.2ClH/c18-13-4-5-14(19)16(11-13)21-6-8-22(9-7-21)17(23)10-12-2-1-3-15(12)20;;/h4-5,11-12,15H,1-3,6-10,20H2;2*1H/t12-,15+;;/m0../s1. The van der Waals surface area contributed by atoms with E-state index in [1.165, 1.54) is 6.07 Å². The maximum Gasteiger partial charge on any atom is 0.223 e. The summed E-state index contributed by atoms with van der Waals surface area (Å²) in [5.74, 6) is -0.453. The zero-order valence-electron chi connectivity index (χ0n) is 14.0. The number of hydrogen-bond acceptors (Lipinski definition) is 3. The van der Waals surface area contributed by atoms with Gasteiger partial charge >= 0.3 is 0 Å². The Morgan fingerprint density at radius 2 is 1.80 bits per heavy atom. The maximum absolute atomic E-state index is 13.8. The van der Waals surface area contributed by atoms with Crippen LogP contribution >= 0.6 is 24.8 Å². The van der Waals surface area contributed by atoms with E-state index in [-0.39, 0.29) is 42.5 Å². The summed E-state index contributed by atoms with van der Waals surface area (Å²) in [5, 5.41) is 0. The minimum atomic E-state index is -0.449. The molecule has 2 fully saturated rings. The molecule has 1 saturated carbocycles. The fraction of sp³-hybridized carbons (Fsp3) is 0.588. The van der Waals surface area contributed by atoms with Crippen LogP contribution in [0.5, 0.6) is 0 Å². The summed E-state index contributed by atoms with van der Waals surface area (Å²) in [7, 11) is 0. The van der Waals surface area contributed by atoms with Crippen molar-refractivity contribution in [2.24, 2.45) is 11.7 Å². The Kier molecular flexibility index (Phi) is 8.38. The van der Waals surface area contributed by atoms with Crippen LogP contribution in [-0.2, 0) is 4.79 Å². The van der Waals surface area contributed by atoms with Crippen molar-refractivity contribution in [3.8, 4) is 0 Å². The fourth-order valence-corrected chi connectivity index (χ4v) is 3.60. The van der Waals surface area contributed by atoms with Gasteiger partial charge in [-0.25, -0.2) is 8.78 Å². The molecule has 1 aromatic carbocycles. The van der Waals surface area contributed by atoms with Crippen molar-refractivity contribution < 1.29 is 13.6 Å². The largest absolute Gasteiger partial charge is 0.366 e. The molecule has 1 amide bonds. The average Bonchev–Trinajstić information content (AvgIpc) is 2.95. The van der Waals surface area contributed by atoms with Gasteiger partial charge in [0.05, 0.1) is 5.69 Å². The number of piperazine rings is 1. The van der Waals surface area contributed by atoms with Crippen LogP contribution in [0.4, 0.5) is 14.5 Å². The first kappa shape index (κ1) is 21.9. The molecular formula is C17H25Cl2F2N3O. The van der Waals surface area contributed by atoms with Crippen molar-refractivity contribution in [3.05, 3.63) is 29.8 Å². The molecule has 0 spiro atoms. The topological polar surface area (TPSA) is 49.6 Å². The van der Waals surface area contributed by atoms with Gasteiger partial charge in [-0.05, 0) is 30.9 Å². The number of carbonyl (C=O) groups excluding carboxylic acids is 1. The van der Waals surface area contributed by atoms with E-state index < -0.39 is 11.6 Å². The van der Waals surface area contributed by atoms with Crippen LogP contribution < -0.4 is 10.6 Å². The van der Waals surface area contributed by atoms with Crippen molar-refractivity contribution in [2.75, 3.05) is 31.1 Å². The quantitative estimate of drug-likeness (QED) is 0.855. The first-order valence-electron chi connectivity index (χ1n) is 8.28. The molecule has 1 saturated heterocycles. The van der Waals surface area contributed by atoms with Crippen LogP contribution in [-0.4, -0.2) is 43.0 Å². The Labute approximate surface area is 159 Å². The lowest BCUT2D eigenvalue weighted by molar-refractivity contribution is -0.132. The highest BCUT2D eigenvalue weighted by molar-refractivity contribution is 5.85. The number of nitrogens with zero attached hydrogens (tertiary/aromatic N) is 2. The Morgan fingerprint density at radius 1 is 1.12 bits per heavy atom. The van der Waals surface area contributed by atoms with Crippen LogP contribution in [0.1, 0.15) is 25.7 Å². The van der Waals surface area contributed by atoms with Gasteiger partial charge in [0, 0.05) is 44.7 Å². The molecule has 3 rings (SSSR count). The van der Waals surface area contributed by atoms with E-state index in [9.17, 15) is 13.6 Å². The Bertz CT molecular complexity index is 583. The fourth-order valence-electron chi connectivity index (χ4n) is 3.60. The summed E-state index contributed by atoms with van der Waals surface area (Å²) >= 11 is 0. The first-order valence-corrected chi connectivity index (χ1v) is 8.28. The normalized spacial score (nSPS) is 23.0. The molecular weight excluding hydrogens is 371 g/mol. The van der Waals surface area contributed by atoms with Gasteiger partial charge in [0.1, 0.15) is 11.6 Å². The average molecular weight is 396 g/mol. The van der Waals surface area contributed by atoms with Gasteiger partial charge in [-0.3, -0.25) is 4.79 Å². The summed E-state index contributed by atoms with van der Waals surface area (Å²) in [6.07, 6.45) is 3.65. The van der Waals surface area contributed by atoms with Crippen molar-refractivity contribution in [3.63, 3.8) is 0 Å². The number of hydrogen-bond donors (Lipinski definition) is 1. The molecule has 25 heavy (non-hydrogen) atoms. The molecule has 0 bridgehead atoms. The molecule has 1 aliphatic heterocycles. The zero-order valence-corrected chi connectivity index (χ0v) is 15.6. The third-order valence-corrected chi connectivity index (χ3v) is 5.04. The van der Waals surface area contributed by atoms with Crippen LogP contribution in [0.3, 0.4) is 0 Å². The van der Waals surface area contributed by atoms with E-state index in [1.807, 2.05) is 4.90 Å². The van der Waals surface area contributed by atoms with Crippen LogP contribution in [0, 0.1) is 17.6 Å². The highest BCUT2D eigenvalue weighted by Gasteiger charge is 2.29. The van der Waals surface area contributed by atoms with Gasteiger partial charge in [0.25, 0.3) is 0 Å². The second kappa shape index (κ2) is 9.55. The number of rotatable bonds is 3. The molecule has 2 N–H and O–H groups in total. The lowest BCUT2D eigenvalue weighted by Crippen LogP contribution is -2.49. The third kappa shape index (κ3) is 5.19. The van der Waals surface area contributed by atoms with Gasteiger partial charge in [-0.2, -0.15) is 0 Å². The molecule has 0 radical (unpaired) electrons. The molecule has 4 nitrogen and oxygen atoms in total. The SMILES string of the molecule is Cl.Cl.N[C@@H]1CCC[C@H]1CC(=O)N1CCN(c2cc(F)ccc2F)CC1. The van der Waals surface area contributed by atoms with Crippen molar-refractivity contribution in [1.29, 1.82) is 0 Å². The predicted molar refractivity (Wildman–Crippen MR) is 99.6 cm³/mol. The minimum absolute atomic E-state index is 0. The number of nitrogens with two attached hydrogens (primary N) is 1. The molecule has 2 aliphatic rings. The predicted octanol–water partition coefficient (Wildman–Crippen LogP) is 2.97. The number of carbonyl (C=O) groups is 1. The highest BCUT2D eigenvalue weighted by Crippen LogP contribution is 2.28. The summed E-state index contributed by atoms with van der Waals surface area (Å²) in [4.78, 5) is 16.0. The van der Waals surface area contributed by atoms with Gasteiger partial charge in [0.2, 0.25) is 5.91 Å². The van der Waals surface area contributed by atoms with Crippen molar-refractivity contribution >= 4 is 36.4 Å². The smallest absolute Gasteiger partial charge is 0.223 e. The maximum atomic E-state index is 13.8. The van der Waals surface area contributed by atoms with Crippen LogP contribution in [0.25, 0.3) is 0 Å². The lowest BCUT2D eigenvalue weighted by atomic mass is 9.99. The number of amides is 1. The highest BCUT2D eigenvalue weighted by atomic mass is 35.5. The molecule has 8 heteroatoms. The summed E-state index contributed by atoms with van der Waals surface area (Å²) < 4.78 is 27.1. The van der Waals surface area contributed by atoms with Crippen LogP contribution in [0.2, 0.25) is 0 Å². The van der Waals surface area contributed by atoms with Crippen molar-refractivity contribution in [2.45, 2.75) is 31.7 Å². The van der Waals surface area contributed by atoms with E-state index in [0.717, 1.165) is 31.4 Å². The lowest BCUT2D eigenvalue weighted by Gasteiger charge is -2.36. The Balaban J connectivity index is 0.00000156. The number of halogens is 4. The van der Waals surface area contributed by atoms with Gasteiger partial charge in [-0.15, -0.1) is 24.8 Å². The molecule has 1 heterocycles. The zero-order chi connectivity index (χ0) is 16.4. The molecule has 0 unspecified atom stereocenters. The molecule has 2 atom stereocenters. The van der Waals surface area contributed by atoms with Gasteiger partial charge in [0.15, 0.2) is 0 Å². The monoisotopic (exact) mass is 395 g/mol. The summed E-state index contributed by atoms with van der Waals surface area (Å²) in [5.41, 5.74) is 6.30. The Hall–Kier alpha value is -1.11. The summed E-state index contributed by atoms with van der Waals surface area (Å²) in [6.45, 7) is 2.11. The molecule has 0 aromatic heterocycles. The van der Waals surface area contributed by atoms with E-state index >= 15 is 0 Å². The minimum Gasteiger partial charge on any atom is -0.366 e. The first-order chi connectivity index (χ1) is 11.0. The third-order valence-electron chi connectivity index (χ3n) is 5.04. The van der Waals surface area contributed by atoms with E-state index in [4.69, 9.17) is 5.73 Å². The van der Waals surface area contributed by atoms with E-state index in [0.29, 0.717) is 38.5 Å². The molecule has 1 aliphatic carbocycles. The Morgan fingerprint density at radius 3 is 2.40 bits per heavy atom. The summed E-state index contributed by atoms with van der Waals surface area (Å²) in [6, 6.07) is 3.61. The molecule has 142 valence electrons. The van der Waals surface area contributed by atoms with E-state index in [1.54, 1.807) is 4.90 Å². The van der Waals surface area contributed by atoms with Gasteiger partial charge < -0.3 is 15.5 Å².